The van der Waals surface area contributed by atoms with Crippen LogP contribution >= 0.6 is 11.8 Å². The highest BCUT2D eigenvalue weighted by atomic mass is 32.2. The fourth-order valence-corrected chi connectivity index (χ4v) is 3.19. The molecular formula is C18H16O2S. The molecule has 0 saturated heterocycles. The highest BCUT2D eigenvalue weighted by Crippen LogP contribution is 2.21. The van der Waals surface area contributed by atoms with Crippen molar-refractivity contribution in [3.63, 3.8) is 0 Å². The number of carbonyl (C=O) groups is 1. The van der Waals surface area contributed by atoms with E-state index in [1.807, 2.05) is 42.5 Å². The van der Waals surface area contributed by atoms with Gasteiger partial charge in [0.25, 0.3) is 0 Å². The SMILES string of the molecule is Cc1ccccc1CSCC(=O)c1cc2ccccc2o1. The molecule has 0 aliphatic rings. The van der Waals surface area contributed by atoms with Crippen LogP contribution in [0.1, 0.15) is 21.7 Å². The highest BCUT2D eigenvalue weighted by Gasteiger charge is 2.12. The van der Waals surface area contributed by atoms with Crippen LogP contribution in [0, 0.1) is 6.92 Å². The molecular weight excluding hydrogens is 280 g/mol. The van der Waals surface area contributed by atoms with E-state index in [4.69, 9.17) is 4.42 Å². The third kappa shape index (κ3) is 3.19. The molecule has 2 aromatic carbocycles. The van der Waals surface area contributed by atoms with Gasteiger partial charge >= 0.3 is 0 Å². The number of carbonyl (C=O) groups excluding carboxylic acids is 1. The predicted molar refractivity (Wildman–Crippen MR) is 87.9 cm³/mol. The van der Waals surface area contributed by atoms with Gasteiger partial charge in [-0.05, 0) is 30.2 Å². The predicted octanol–water partition coefficient (Wildman–Crippen LogP) is 4.86. The number of ketones is 1. The second-order valence-electron chi connectivity index (χ2n) is 4.99. The molecule has 1 aromatic heterocycles. The maximum atomic E-state index is 12.2. The van der Waals surface area contributed by atoms with Crippen LogP contribution in [0.25, 0.3) is 11.0 Å². The van der Waals surface area contributed by atoms with E-state index in [1.165, 1.54) is 11.1 Å². The van der Waals surface area contributed by atoms with Crippen molar-refractivity contribution in [3.8, 4) is 0 Å². The Bertz CT molecular complexity index is 740. The first-order chi connectivity index (χ1) is 10.2. The molecule has 0 bridgehead atoms. The quantitative estimate of drug-likeness (QED) is 0.630. The van der Waals surface area contributed by atoms with Gasteiger partial charge in [0, 0.05) is 11.1 Å². The van der Waals surface area contributed by atoms with Gasteiger partial charge in [0.2, 0.25) is 5.78 Å². The van der Waals surface area contributed by atoms with Crippen LogP contribution in [0.4, 0.5) is 0 Å². The van der Waals surface area contributed by atoms with E-state index in [0.29, 0.717) is 11.5 Å². The molecule has 0 atom stereocenters. The number of hydrogen-bond donors (Lipinski definition) is 0. The fourth-order valence-electron chi connectivity index (χ4n) is 2.22. The van der Waals surface area contributed by atoms with Crippen molar-refractivity contribution in [3.05, 3.63) is 71.5 Å². The van der Waals surface area contributed by atoms with E-state index in [9.17, 15) is 4.79 Å². The summed E-state index contributed by atoms with van der Waals surface area (Å²) in [6, 6.07) is 17.8. The minimum atomic E-state index is 0.0461. The Balaban J connectivity index is 1.63. The van der Waals surface area contributed by atoms with Gasteiger partial charge in [-0.1, -0.05) is 42.5 Å². The standard InChI is InChI=1S/C18H16O2S/c1-13-6-2-3-8-15(13)11-21-12-16(19)18-10-14-7-4-5-9-17(14)20-18/h2-10H,11-12H2,1H3. The van der Waals surface area contributed by atoms with Crippen LogP contribution in [-0.4, -0.2) is 11.5 Å². The lowest BCUT2D eigenvalue weighted by Gasteiger charge is -2.04. The van der Waals surface area contributed by atoms with Gasteiger partial charge in [0.15, 0.2) is 5.76 Å². The van der Waals surface area contributed by atoms with Crippen molar-refractivity contribution in [2.24, 2.45) is 0 Å². The molecule has 0 radical (unpaired) electrons. The number of hydrogen-bond acceptors (Lipinski definition) is 3. The summed E-state index contributed by atoms with van der Waals surface area (Å²) in [6.07, 6.45) is 0. The van der Waals surface area contributed by atoms with Gasteiger partial charge < -0.3 is 4.42 Å². The average molecular weight is 296 g/mol. The summed E-state index contributed by atoms with van der Waals surface area (Å²) in [7, 11) is 0. The minimum Gasteiger partial charge on any atom is -0.453 e. The molecule has 2 nitrogen and oxygen atoms in total. The molecule has 3 rings (SSSR count). The molecule has 0 unspecified atom stereocenters. The highest BCUT2D eigenvalue weighted by molar-refractivity contribution is 7.99. The number of rotatable bonds is 5. The third-order valence-electron chi connectivity index (χ3n) is 3.45. The van der Waals surface area contributed by atoms with Crippen LogP contribution in [0.5, 0.6) is 0 Å². The van der Waals surface area contributed by atoms with Crippen LogP contribution in [-0.2, 0) is 5.75 Å². The summed E-state index contributed by atoms with van der Waals surface area (Å²) in [5.41, 5.74) is 3.31. The lowest BCUT2D eigenvalue weighted by molar-refractivity contribution is 0.0994. The smallest absolute Gasteiger partial charge is 0.207 e. The van der Waals surface area contributed by atoms with Crippen LogP contribution < -0.4 is 0 Å². The lowest BCUT2D eigenvalue weighted by atomic mass is 10.1. The van der Waals surface area contributed by atoms with E-state index in [1.54, 1.807) is 11.8 Å². The zero-order chi connectivity index (χ0) is 14.7. The summed E-state index contributed by atoms with van der Waals surface area (Å²) in [5.74, 6) is 1.78. The minimum absolute atomic E-state index is 0.0461. The molecule has 0 aliphatic carbocycles. The molecule has 0 fully saturated rings. The summed E-state index contributed by atoms with van der Waals surface area (Å²) in [5, 5.41) is 0.977. The molecule has 0 amide bonds. The molecule has 0 spiro atoms. The first-order valence-electron chi connectivity index (χ1n) is 6.88. The van der Waals surface area contributed by atoms with Gasteiger partial charge in [-0.3, -0.25) is 4.79 Å². The van der Waals surface area contributed by atoms with E-state index in [0.717, 1.165) is 16.7 Å². The second-order valence-corrected chi connectivity index (χ2v) is 5.98. The van der Waals surface area contributed by atoms with Gasteiger partial charge in [0.1, 0.15) is 5.58 Å². The number of furan rings is 1. The Kier molecular flexibility index (Phi) is 4.11. The second kappa shape index (κ2) is 6.19. The van der Waals surface area contributed by atoms with Crippen molar-refractivity contribution in [2.75, 3.05) is 5.75 Å². The van der Waals surface area contributed by atoms with Crippen molar-refractivity contribution in [1.82, 2.24) is 0 Å². The monoisotopic (exact) mass is 296 g/mol. The summed E-state index contributed by atoms with van der Waals surface area (Å²) in [4.78, 5) is 12.2. The normalized spacial score (nSPS) is 10.9. The van der Waals surface area contributed by atoms with Crippen LogP contribution in [0.2, 0.25) is 0 Å². The number of benzene rings is 2. The molecule has 0 N–H and O–H groups in total. The Morgan fingerprint density at radius 2 is 1.86 bits per heavy atom. The maximum Gasteiger partial charge on any atom is 0.207 e. The van der Waals surface area contributed by atoms with E-state index in [-0.39, 0.29) is 5.78 Å². The number of fused-ring (bicyclic) bond motifs is 1. The third-order valence-corrected chi connectivity index (χ3v) is 4.43. The van der Waals surface area contributed by atoms with Crippen molar-refractivity contribution in [1.29, 1.82) is 0 Å². The molecule has 3 heteroatoms. The van der Waals surface area contributed by atoms with E-state index < -0.39 is 0 Å². The topological polar surface area (TPSA) is 30.2 Å². The molecule has 0 aliphatic heterocycles. The largest absolute Gasteiger partial charge is 0.453 e. The maximum absolute atomic E-state index is 12.2. The average Bonchev–Trinajstić information content (AvgIpc) is 2.93. The number of Topliss-reactive ketones (excluding diaryl/α,β-unsaturated/α-hetero) is 1. The van der Waals surface area contributed by atoms with E-state index >= 15 is 0 Å². The zero-order valence-electron chi connectivity index (χ0n) is 11.8. The van der Waals surface area contributed by atoms with Crippen LogP contribution in [0.15, 0.2) is 59.0 Å². The zero-order valence-corrected chi connectivity index (χ0v) is 12.7. The van der Waals surface area contributed by atoms with Gasteiger partial charge in [0.05, 0.1) is 5.75 Å². The fraction of sp³-hybridized carbons (Fsp3) is 0.167. The Morgan fingerprint density at radius 3 is 2.67 bits per heavy atom. The number of para-hydroxylation sites is 1. The molecule has 0 saturated carbocycles. The van der Waals surface area contributed by atoms with Gasteiger partial charge in [-0.25, -0.2) is 0 Å². The molecule has 21 heavy (non-hydrogen) atoms. The Labute approximate surface area is 128 Å². The summed E-state index contributed by atoms with van der Waals surface area (Å²) >= 11 is 1.62. The Hall–Kier alpha value is -2.00. The van der Waals surface area contributed by atoms with Crippen LogP contribution in [0.3, 0.4) is 0 Å². The van der Waals surface area contributed by atoms with Gasteiger partial charge in [-0.15, -0.1) is 11.8 Å². The molecule has 3 aromatic rings. The molecule has 1 heterocycles. The Morgan fingerprint density at radius 1 is 1.10 bits per heavy atom. The first kappa shape index (κ1) is 14.0. The first-order valence-corrected chi connectivity index (χ1v) is 8.03. The lowest BCUT2D eigenvalue weighted by Crippen LogP contribution is -2.01. The summed E-state index contributed by atoms with van der Waals surface area (Å²) < 4.78 is 5.59. The van der Waals surface area contributed by atoms with Crippen molar-refractivity contribution < 1.29 is 9.21 Å². The van der Waals surface area contributed by atoms with E-state index in [2.05, 4.69) is 19.1 Å². The van der Waals surface area contributed by atoms with Crippen molar-refractivity contribution >= 4 is 28.5 Å². The number of thioether (sulfide) groups is 1. The number of aryl methyl sites for hydroxylation is 1. The van der Waals surface area contributed by atoms with Gasteiger partial charge in [-0.2, -0.15) is 0 Å². The van der Waals surface area contributed by atoms with Crippen molar-refractivity contribution in [2.45, 2.75) is 12.7 Å². The summed E-state index contributed by atoms with van der Waals surface area (Å²) in [6.45, 7) is 2.09. The molecule has 106 valence electrons.